The molecule has 82 valence electrons. The highest BCUT2D eigenvalue weighted by Crippen LogP contribution is 2.30. The summed E-state index contributed by atoms with van der Waals surface area (Å²) in [6.07, 6.45) is 10.1. The number of aliphatic imine (C=N–C) groups is 1. The monoisotopic (exact) mass is 206 g/mol. The van der Waals surface area contributed by atoms with E-state index in [-0.39, 0.29) is 0 Å². The van der Waals surface area contributed by atoms with Crippen LogP contribution in [0, 0.1) is 0 Å². The first kappa shape index (κ1) is 10.4. The van der Waals surface area contributed by atoms with Gasteiger partial charge in [-0.15, -0.1) is 0 Å². The molecule has 0 N–H and O–H groups in total. The van der Waals surface area contributed by atoms with E-state index in [0.717, 1.165) is 30.8 Å². The molecule has 3 heteroatoms. The van der Waals surface area contributed by atoms with Crippen LogP contribution < -0.4 is 0 Å². The minimum atomic E-state index is 0.749. The highest BCUT2D eigenvalue weighted by molar-refractivity contribution is 5.62. The molecule has 0 atom stereocenters. The number of hydrogen-bond acceptors (Lipinski definition) is 3. The van der Waals surface area contributed by atoms with Crippen LogP contribution >= 0.6 is 0 Å². The van der Waals surface area contributed by atoms with Crippen LogP contribution in [0.5, 0.6) is 0 Å². The quantitative estimate of drug-likeness (QED) is 0.546. The normalized spacial score (nSPS) is 15.0. The number of aryl methyl sites for hydroxylation is 1. The Labute approximate surface area is 90.6 Å². The molecule has 0 bridgehead atoms. The average Bonchev–Trinajstić information content (AvgIpc) is 2.81. The lowest BCUT2D eigenvalue weighted by molar-refractivity contribution is 0.419. The van der Waals surface area contributed by atoms with Crippen LogP contribution in [-0.2, 0) is 12.8 Å². The van der Waals surface area contributed by atoms with Crippen molar-refractivity contribution in [1.29, 1.82) is 0 Å². The molecule has 1 heterocycles. The van der Waals surface area contributed by atoms with Crippen molar-refractivity contribution in [2.75, 3.05) is 0 Å². The fraction of sp³-hybridized carbons (Fsp3) is 0.667. The lowest BCUT2D eigenvalue weighted by Crippen LogP contribution is -1.78. The fourth-order valence-electron chi connectivity index (χ4n) is 1.95. The summed E-state index contributed by atoms with van der Waals surface area (Å²) >= 11 is 0. The summed E-state index contributed by atoms with van der Waals surface area (Å²) in [5.41, 5.74) is 2.36. The third-order valence-electron chi connectivity index (χ3n) is 2.83. The summed E-state index contributed by atoms with van der Waals surface area (Å²) in [5, 5.41) is 4.02. The minimum absolute atomic E-state index is 0.749. The maximum Gasteiger partial charge on any atom is 0.253 e. The first-order valence-electron chi connectivity index (χ1n) is 5.91. The van der Waals surface area contributed by atoms with Crippen molar-refractivity contribution in [1.82, 2.24) is 5.16 Å². The van der Waals surface area contributed by atoms with Gasteiger partial charge in [0.1, 0.15) is 0 Å². The average molecular weight is 206 g/mol. The predicted molar refractivity (Wildman–Crippen MR) is 60.8 cm³/mol. The van der Waals surface area contributed by atoms with Gasteiger partial charge in [0.05, 0.1) is 5.69 Å². The smallest absolute Gasteiger partial charge is 0.253 e. The van der Waals surface area contributed by atoms with Crippen LogP contribution in [-0.4, -0.2) is 11.4 Å². The SMILES string of the molecule is CCCCC/C=N\c1onc2c1CCC2. The minimum Gasteiger partial charge on any atom is -0.336 e. The van der Waals surface area contributed by atoms with Gasteiger partial charge in [0, 0.05) is 11.8 Å². The zero-order valence-corrected chi connectivity index (χ0v) is 9.33. The Hall–Kier alpha value is -1.12. The molecule has 0 unspecified atom stereocenters. The van der Waals surface area contributed by atoms with Crippen LogP contribution in [0.3, 0.4) is 0 Å². The maximum absolute atomic E-state index is 5.20. The Morgan fingerprint density at radius 1 is 1.40 bits per heavy atom. The summed E-state index contributed by atoms with van der Waals surface area (Å²) in [4.78, 5) is 4.36. The Morgan fingerprint density at radius 2 is 2.33 bits per heavy atom. The van der Waals surface area contributed by atoms with Gasteiger partial charge in [0.25, 0.3) is 5.88 Å². The summed E-state index contributed by atoms with van der Waals surface area (Å²) in [5.74, 6) is 0.749. The number of hydrogen-bond donors (Lipinski definition) is 0. The summed E-state index contributed by atoms with van der Waals surface area (Å²) < 4.78 is 5.20. The summed E-state index contributed by atoms with van der Waals surface area (Å²) in [6.45, 7) is 2.21. The molecule has 0 amide bonds. The van der Waals surface area contributed by atoms with E-state index >= 15 is 0 Å². The third-order valence-corrected chi connectivity index (χ3v) is 2.83. The van der Waals surface area contributed by atoms with E-state index in [4.69, 9.17) is 4.52 Å². The van der Waals surface area contributed by atoms with Crippen LogP contribution in [0.25, 0.3) is 0 Å². The molecular formula is C12H18N2O. The van der Waals surface area contributed by atoms with Gasteiger partial charge in [-0.2, -0.15) is 0 Å². The van der Waals surface area contributed by atoms with Gasteiger partial charge >= 0.3 is 0 Å². The van der Waals surface area contributed by atoms with Gasteiger partial charge in [-0.1, -0.05) is 24.9 Å². The van der Waals surface area contributed by atoms with E-state index in [2.05, 4.69) is 17.1 Å². The summed E-state index contributed by atoms with van der Waals surface area (Å²) in [7, 11) is 0. The first-order chi connectivity index (χ1) is 7.42. The molecule has 15 heavy (non-hydrogen) atoms. The standard InChI is InChI=1S/C12H18N2O/c1-2-3-4-5-9-13-12-10-7-6-8-11(10)14-15-12/h9H,2-8H2,1H3/b13-9-. The Kier molecular flexibility index (Phi) is 3.54. The fourth-order valence-corrected chi connectivity index (χ4v) is 1.95. The van der Waals surface area contributed by atoms with E-state index in [1.807, 2.05) is 6.21 Å². The number of nitrogens with zero attached hydrogens (tertiary/aromatic N) is 2. The van der Waals surface area contributed by atoms with E-state index < -0.39 is 0 Å². The molecule has 1 aromatic heterocycles. The molecule has 0 saturated carbocycles. The Balaban J connectivity index is 1.88. The highest BCUT2D eigenvalue weighted by Gasteiger charge is 2.19. The van der Waals surface area contributed by atoms with E-state index in [1.165, 1.54) is 31.2 Å². The highest BCUT2D eigenvalue weighted by atomic mass is 16.5. The topological polar surface area (TPSA) is 38.4 Å². The van der Waals surface area contributed by atoms with E-state index in [1.54, 1.807) is 0 Å². The van der Waals surface area contributed by atoms with E-state index in [0.29, 0.717) is 0 Å². The molecule has 0 spiro atoms. The summed E-state index contributed by atoms with van der Waals surface area (Å²) in [6, 6.07) is 0. The maximum atomic E-state index is 5.20. The second kappa shape index (κ2) is 5.10. The molecular weight excluding hydrogens is 188 g/mol. The first-order valence-corrected chi connectivity index (χ1v) is 5.91. The molecule has 0 fully saturated rings. The van der Waals surface area contributed by atoms with Crippen molar-refractivity contribution < 1.29 is 4.52 Å². The number of rotatable bonds is 5. The van der Waals surface area contributed by atoms with E-state index in [9.17, 15) is 0 Å². The third kappa shape index (κ3) is 2.46. The Bertz CT molecular complexity index is 341. The molecule has 0 radical (unpaired) electrons. The molecule has 1 aromatic rings. The zero-order chi connectivity index (χ0) is 10.5. The van der Waals surface area contributed by atoms with Gasteiger partial charge in [-0.05, 0) is 32.1 Å². The van der Waals surface area contributed by atoms with Gasteiger partial charge in [-0.25, -0.2) is 4.99 Å². The van der Waals surface area contributed by atoms with Crippen LogP contribution in [0.15, 0.2) is 9.52 Å². The lowest BCUT2D eigenvalue weighted by atomic mass is 10.2. The van der Waals surface area contributed by atoms with Gasteiger partial charge in [0.2, 0.25) is 0 Å². The molecule has 1 aliphatic carbocycles. The van der Waals surface area contributed by atoms with Crippen molar-refractivity contribution in [3.05, 3.63) is 11.3 Å². The van der Waals surface area contributed by atoms with Crippen molar-refractivity contribution in [3.8, 4) is 0 Å². The number of unbranched alkanes of at least 4 members (excludes halogenated alkanes) is 3. The molecule has 3 nitrogen and oxygen atoms in total. The van der Waals surface area contributed by atoms with Crippen molar-refractivity contribution in [2.24, 2.45) is 4.99 Å². The zero-order valence-electron chi connectivity index (χ0n) is 9.33. The predicted octanol–water partition coefficient (Wildman–Crippen LogP) is 3.45. The Morgan fingerprint density at radius 3 is 3.20 bits per heavy atom. The molecule has 0 saturated heterocycles. The second-order valence-electron chi connectivity index (χ2n) is 4.07. The van der Waals surface area contributed by atoms with Crippen molar-refractivity contribution in [2.45, 2.75) is 51.9 Å². The van der Waals surface area contributed by atoms with Gasteiger partial charge in [-0.3, -0.25) is 0 Å². The molecule has 0 aliphatic heterocycles. The van der Waals surface area contributed by atoms with Crippen molar-refractivity contribution in [3.63, 3.8) is 0 Å². The number of fused-ring (bicyclic) bond motifs is 1. The van der Waals surface area contributed by atoms with Crippen LogP contribution in [0.4, 0.5) is 5.88 Å². The largest absolute Gasteiger partial charge is 0.336 e. The molecule has 2 rings (SSSR count). The van der Waals surface area contributed by atoms with Crippen molar-refractivity contribution >= 4 is 12.1 Å². The number of aromatic nitrogens is 1. The lowest BCUT2D eigenvalue weighted by Gasteiger charge is -1.91. The second-order valence-corrected chi connectivity index (χ2v) is 4.07. The van der Waals surface area contributed by atoms with Crippen LogP contribution in [0.2, 0.25) is 0 Å². The van der Waals surface area contributed by atoms with Gasteiger partial charge < -0.3 is 4.52 Å². The molecule has 0 aromatic carbocycles. The molecule has 1 aliphatic rings. The van der Waals surface area contributed by atoms with Gasteiger partial charge in [0.15, 0.2) is 0 Å². The van der Waals surface area contributed by atoms with Crippen LogP contribution in [0.1, 0.15) is 50.3 Å².